The Kier molecular flexibility index (Phi) is 11.0. The molecule has 12 heteroatoms. The maximum absolute atomic E-state index is 14.3. The molecule has 3 aromatic rings. The number of H-pyrrole nitrogens is 1. The fourth-order valence-electron chi connectivity index (χ4n) is 6.95. The highest BCUT2D eigenvalue weighted by Gasteiger charge is 2.47. The zero-order valence-corrected chi connectivity index (χ0v) is 28.3. The van der Waals surface area contributed by atoms with E-state index in [1.165, 1.54) is 0 Å². The van der Waals surface area contributed by atoms with E-state index in [4.69, 9.17) is 33.7 Å². The summed E-state index contributed by atoms with van der Waals surface area (Å²) in [4.78, 5) is 56.8. The van der Waals surface area contributed by atoms with Gasteiger partial charge in [0.05, 0.1) is 10.5 Å². The SMILES string of the molecule is CCC(C)[C@H](NC(=O)[C@@]1(NC(=O)[C@H]2CCCC[C@@H]2CNC(=O)OCc2ccccc2)CCc2[nH]c3c(Cl)cc(Cl)cc3c2C1)C(N)=O. The lowest BCUT2D eigenvalue weighted by Gasteiger charge is -2.40. The second-order valence-corrected chi connectivity index (χ2v) is 13.8. The molecule has 6 N–H and O–H groups in total. The number of fused-ring (bicyclic) bond motifs is 3. The molecule has 2 aliphatic carbocycles. The molecule has 0 aliphatic heterocycles. The Bertz CT molecular complexity index is 1630. The van der Waals surface area contributed by atoms with Crippen LogP contribution in [0.25, 0.3) is 10.9 Å². The molecule has 5 rings (SSSR count). The van der Waals surface area contributed by atoms with Crippen molar-refractivity contribution in [3.8, 4) is 0 Å². The molecule has 252 valence electrons. The molecule has 5 atom stereocenters. The van der Waals surface area contributed by atoms with E-state index in [2.05, 4.69) is 20.9 Å². The molecule has 4 amide bonds. The standard InChI is InChI=1S/C35H43Cl2N5O5/c1-3-20(2)29(31(38)43)41-33(45)35(14-13-28-26(17-35)25-15-23(36)16-27(37)30(25)40-28)42-32(44)24-12-8-7-11-22(24)18-39-34(46)47-19-21-9-5-4-6-10-21/h4-6,9-10,15-16,20,22,24,29,40H,3,7-8,11-14,17-19H2,1-2H3,(H2,38,43)(H,39,46)(H,41,45)(H,42,44)/t20?,22-,24+,29+,35-/m1/s1. The molecule has 1 aromatic heterocycles. The molecule has 10 nitrogen and oxygen atoms in total. The third-order valence-electron chi connectivity index (χ3n) is 9.87. The number of carbonyl (C=O) groups is 4. The molecule has 1 saturated carbocycles. The molecule has 0 radical (unpaired) electrons. The summed E-state index contributed by atoms with van der Waals surface area (Å²) in [5.74, 6) is -2.13. The number of aromatic amines is 1. The summed E-state index contributed by atoms with van der Waals surface area (Å²) in [6.45, 7) is 4.19. The van der Waals surface area contributed by atoms with Gasteiger partial charge in [-0.25, -0.2) is 4.79 Å². The van der Waals surface area contributed by atoms with E-state index in [-0.39, 0.29) is 37.3 Å². The van der Waals surface area contributed by atoms with Gasteiger partial charge in [0.15, 0.2) is 0 Å². The van der Waals surface area contributed by atoms with Crippen molar-refractivity contribution in [2.75, 3.05) is 6.54 Å². The summed E-state index contributed by atoms with van der Waals surface area (Å²) in [7, 11) is 0. The number of nitrogens with one attached hydrogen (secondary N) is 4. The van der Waals surface area contributed by atoms with E-state index < -0.39 is 35.4 Å². The summed E-state index contributed by atoms with van der Waals surface area (Å²) in [6.07, 6.45) is 4.15. The number of halogens is 2. The van der Waals surface area contributed by atoms with Crippen molar-refractivity contribution in [2.45, 2.75) is 83.4 Å². The highest BCUT2D eigenvalue weighted by atomic mass is 35.5. The average Bonchev–Trinajstić information content (AvgIpc) is 3.43. The molecule has 2 aliphatic rings. The molecule has 0 bridgehead atoms. The number of carbonyl (C=O) groups excluding carboxylic acids is 4. The van der Waals surface area contributed by atoms with Crippen molar-refractivity contribution in [1.82, 2.24) is 20.9 Å². The molecule has 1 unspecified atom stereocenters. The molecular weight excluding hydrogens is 641 g/mol. The molecule has 2 aromatic carbocycles. The Hall–Kier alpha value is -3.76. The summed E-state index contributed by atoms with van der Waals surface area (Å²) < 4.78 is 5.38. The molecule has 47 heavy (non-hydrogen) atoms. The maximum atomic E-state index is 14.3. The van der Waals surface area contributed by atoms with Crippen LogP contribution < -0.4 is 21.7 Å². The smallest absolute Gasteiger partial charge is 0.407 e. The van der Waals surface area contributed by atoms with Crippen LogP contribution in [0.4, 0.5) is 4.79 Å². The summed E-state index contributed by atoms with van der Waals surface area (Å²) in [5.41, 5.74) is 7.73. The molecular formula is C35H43Cl2N5O5. The zero-order valence-electron chi connectivity index (χ0n) is 26.8. The third-order valence-corrected chi connectivity index (χ3v) is 10.4. The second-order valence-electron chi connectivity index (χ2n) is 13.0. The van der Waals surface area contributed by atoms with E-state index in [1.54, 1.807) is 12.1 Å². The minimum Gasteiger partial charge on any atom is -0.445 e. The van der Waals surface area contributed by atoms with Crippen molar-refractivity contribution in [3.05, 3.63) is 69.3 Å². The quantitative estimate of drug-likeness (QED) is 0.179. The van der Waals surface area contributed by atoms with Crippen LogP contribution in [0.3, 0.4) is 0 Å². The van der Waals surface area contributed by atoms with Gasteiger partial charge >= 0.3 is 6.09 Å². The fourth-order valence-corrected chi connectivity index (χ4v) is 7.49. The number of primary amides is 1. The minimum atomic E-state index is -1.36. The average molecular weight is 685 g/mol. The van der Waals surface area contributed by atoms with E-state index in [9.17, 15) is 19.2 Å². The topological polar surface area (TPSA) is 155 Å². The molecule has 0 spiro atoms. The lowest BCUT2D eigenvalue weighted by molar-refractivity contribution is -0.139. The number of rotatable bonds is 11. The minimum absolute atomic E-state index is 0.142. The third kappa shape index (κ3) is 7.87. The Morgan fingerprint density at radius 1 is 1.11 bits per heavy atom. The van der Waals surface area contributed by atoms with Gasteiger partial charge in [0, 0.05) is 35.0 Å². The number of hydrogen-bond acceptors (Lipinski definition) is 5. The second kappa shape index (κ2) is 15.0. The zero-order chi connectivity index (χ0) is 33.7. The summed E-state index contributed by atoms with van der Waals surface area (Å²) >= 11 is 12.9. The number of ether oxygens (including phenoxy) is 1. The van der Waals surface area contributed by atoms with Crippen LogP contribution in [0.2, 0.25) is 10.0 Å². The predicted molar refractivity (Wildman–Crippen MR) is 182 cm³/mol. The van der Waals surface area contributed by atoms with Crippen molar-refractivity contribution in [3.63, 3.8) is 0 Å². The van der Waals surface area contributed by atoms with Gasteiger partial charge in [-0.2, -0.15) is 0 Å². The monoisotopic (exact) mass is 683 g/mol. The Morgan fingerprint density at radius 3 is 2.57 bits per heavy atom. The van der Waals surface area contributed by atoms with Gasteiger partial charge in [-0.05, 0) is 60.8 Å². The first kappa shape index (κ1) is 34.6. The van der Waals surface area contributed by atoms with Crippen molar-refractivity contribution < 1.29 is 23.9 Å². The van der Waals surface area contributed by atoms with Crippen LogP contribution in [0.5, 0.6) is 0 Å². The Balaban J connectivity index is 1.37. The number of aromatic nitrogens is 1. The van der Waals surface area contributed by atoms with Gasteiger partial charge in [0.1, 0.15) is 18.2 Å². The van der Waals surface area contributed by atoms with Gasteiger partial charge in [-0.1, -0.05) is 86.6 Å². The lowest BCUT2D eigenvalue weighted by Crippen LogP contribution is -2.65. The van der Waals surface area contributed by atoms with E-state index >= 15 is 0 Å². The molecule has 1 heterocycles. The first-order valence-electron chi connectivity index (χ1n) is 16.4. The highest BCUT2D eigenvalue weighted by Crippen LogP contribution is 2.39. The summed E-state index contributed by atoms with van der Waals surface area (Å²) in [5, 5.41) is 10.6. The van der Waals surface area contributed by atoms with Crippen molar-refractivity contribution >= 4 is 57.9 Å². The normalized spacial score (nSPS) is 22.0. The van der Waals surface area contributed by atoms with E-state index in [1.807, 2.05) is 44.2 Å². The number of amides is 4. The van der Waals surface area contributed by atoms with Crippen LogP contribution in [0.1, 0.15) is 69.2 Å². The van der Waals surface area contributed by atoms with Crippen LogP contribution in [0, 0.1) is 17.8 Å². The van der Waals surface area contributed by atoms with E-state index in [0.717, 1.165) is 47.0 Å². The summed E-state index contributed by atoms with van der Waals surface area (Å²) in [6, 6.07) is 12.0. The first-order valence-corrected chi connectivity index (χ1v) is 17.1. The number of hydrogen-bond donors (Lipinski definition) is 5. The molecule has 0 saturated heterocycles. The van der Waals surface area contributed by atoms with Crippen LogP contribution in [-0.2, 0) is 38.6 Å². The first-order chi connectivity index (χ1) is 22.5. The highest BCUT2D eigenvalue weighted by molar-refractivity contribution is 6.38. The van der Waals surface area contributed by atoms with Crippen LogP contribution in [-0.4, -0.2) is 46.9 Å². The van der Waals surface area contributed by atoms with Gasteiger partial charge < -0.3 is 31.4 Å². The van der Waals surface area contributed by atoms with Gasteiger partial charge in [-0.3, -0.25) is 14.4 Å². The largest absolute Gasteiger partial charge is 0.445 e. The Morgan fingerprint density at radius 2 is 1.85 bits per heavy atom. The number of aryl methyl sites for hydroxylation is 1. The van der Waals surface area contributed by atoms with Crippen molar-refractivity contribution in [1.29, 1.82) is 0 Å². The van der Waals surface area contributed by atoms with Gasteiger partial charge in [-0.15, -0.1) is 0 Å². The van der Waals surface area contributed by atoms with Crippen LogP contribution in [0.15, 0.2) is 42.5 Å². The fraction of sp³-hybridized carbons (Fsp3) is 0.486. The van der Waals surface area contributed by atoms with Crippen LogP contribution >= 0.6 is 23.2 Å². The van der Waals surface area contributed by atoms with E-state index in [0.29, 0.717) is 35.7 Å². The number of nitrogens with two attached hydrogens (primary N) is 1. The lowest BCUT2D eigenvalue weighted by atomic mass is 9.75. The Labute approximate surface area is 284 Å². The predicted octanol–water partition coefficient (Wildman–Crippen LogP) is 5.57. The van der Waals surface area contributed by atoms with Crippen molar-refractivity contribution in [2.24, 2.45) is 23.5 Å². The molecule has 1 fully saturated rings. The number of benzene rings is 2. The van der Waals surface area contributed by atoms with Gasteiger partial charge in [0.2, 0.25) is 17.7 Å². The number of alkyl carbamates (subject to hydrolysis) is 1. The van der Waals surface area contributed by atoms with Gasteiger partial charge in [0.25, 0.3) is 0 Å². The maximum Gasteiger partial charge on any atom is 0.407 e.